The van der Waals surface area contributed by atoms with Crippen molar-refractivity contribution in [2.45, 2.75) is 37.7 Å². The van der Waals surface area contributed by atoms with Crippen LogP contribution in [0.3, 0.4) is 0 Å². The minimum atomic E-state index is -0.220. The van der Waals surface area contributed by atoms with Crippen LogP contribution in [0.15, 0.2) is 24.3 Å². The third kappa shape index (κ3) is 3.71. The number of nitrogens with one attached hydrogen (secondary N) is 1. The van der Waals surface area contributed by atoms with E-state index in [9.17, 15) is 4.79 Å². The normalized spacial score (nSPS) is 16.7. The van der Waals surface area contributed by atoms with Crippen LogP contribution in [0.1, 0.15) is 31.2 Å². The predicted molar refractivity (Wildman–Crippen MR) is 77.7 cm³/mol. The molecule has 0 aliphatic heterocycles. The van der Waals surface area contributed by atoms with Crippen LogP contribution in [0.2, 0.25) is 0 Å². The number of hydrogen-bond donors (Lipinski definition) is 1. The molecule has 1 saturated carbocycles. The zero-order chi connectivity index (χ0) is 13.7. The third-order valence-electron chi connectivity index (χ3n) is 3.80. The number of benzene rings is 1. The molecule has 1 aromatic rings. The number of alkyl halides is 1. The van der Waals surface area contributed by atoms with Gasteiger partial charge in [-0.3, -0.25) is 4.79 Å². The van der Waals surface area contributed by atoms with Crippen LogP contribution in [0, 0.1) is 0 Å². The maximum atomic E-state index is 12.0. The van der Waals surface area contributed by atoms with E-state index in [4.69, 9.17) is 16.3 Å². The summed E-state index contributed by atoms with van der Waals surface area (Å²) >= 11 is 5.69. The summed E-state index contributed by atoms with van der Waals surface area (Å²) in [6.45, 7) is 0. The highest BCUT2D eigenvalue weighted by molar-refractivity contribution is 6.17. The molecule has 1 aliphatic carbocycles. The van der Waals surface area contributed by atoms with Crippen LogP contribution in [0.5, 0.6) is 0 Å². The number of carbonyl (C=O) groups is 1. The molecule has 1 fully saturated rings. The van der Waals surface area contributed by atoms with Crippen molar-refractivity contribution in [3.05, 3.63) is 29.8 Å². The Bertz CT molecular complexity index is 421. The van der Waals surface area contributed by atoms with E-state index in [0.717, 1.165) is 31.4 Å². The van der Waals surface area contributed by atoms with E-state index in [1.165, 1.54) is 5.56 Å². The van der Waals surface area contributed by atoms with E-state index in [-0.39, 0.29) is 11.5 Å². The molecule has 0 spiro atoms. The molecule has 0 radical (unpaired) electrons. The van der Waals surface area contributed by atoms with Crippen molar-refractivity contribution in [2.75, 3.05) is 18.3 Å². The van der Waals surface area contributed by atoms with Crippen LogP contribution >= 0.6 is 11.6 Å². The maximum Gasteiger partial charge on any atom is 0.227 e. The first-order chi connectivity index (χ1) is 9.17. The van der Waals surface area contributed by atoms with Crippen LogP contribution < -0.4 is 5.32 Å². The molecule has 1 amide bonds. The molecular weight excluding hydrogens is 262 g/mol. The Morgan fingerprint density at radius 1 is 1.37 bits per heavy atom. The Kier molecular flexibility index (Phi) is 4.83. The lowest BCUT2D eigenvalue weighted by atomic mass is 9.77. The van der Waals surface area contributed by atoms with Crippen molar-refractivity contribution in [2.24, 2.45) is 0 Å². The van der Waals surface area contributed by atoms with E-state index >= 15 is 0 Å². The van der Waals surface area contributed by atoms with Crippen molar-refractivity contribution in [3.8, 4) is 0 Å². The van der Waals surface area contributed by atoms with Gasteiger partial charge < -0.3 is 10.1 Å². The highest BCUT2D eigenvalue weighted by atomic mass is 35.5. The second-order valence-corrected chi connectivity index (χ2v) is 5.48. The van der Waals surface area contributed by atoms with Crippen LogP contribution in [0.4, 0.5) is 5.69 Å². The van der Waals surface area contributed by atoms with Gasteiger partial charge in [-0.15, -0.1) is 11.6 Å². The number of carbonyl (C=O) groups excluding carboxylic acids is 1. The molecule has 0 unspecified atom stereocenters. The second kappa shape index (κ2) is 6.40. The molecule has 104 valence electrons. The van der Waals surface area contributed by atoms with Gasteiger partial charge in [0.05, 0.1) is 12.0 Å². The average Bonchev–Trinajstić information content (AvgIpc) is 2.37. The fourth-order valence-corrected chi connectivity index (χ4v) is 2.60. The lowest BCUT2D eigenvalue weighted by Crippen LogP contribution is -2.42. The van der Waals surface area contributed by atoms with Gasteiger partial charge in [-0.05, 0) is 43.4 Å². The van der Waals surface area contributed by atoms with E-state index in [0.29, 0.717) is 12.3 Å². The Morgan fingerprint density at radius 2 is 2.05 bits per heavy atom. The monoisotopic (exact) mass is 281 g/mol. The molecule has 3 nitrogen and oxygen atoms in total. The third-order valence-corrected chi connectivity index (χ3v) is 3.99. The summed E-state index contributed by atoms with van der Waals surface area (Å²) in [5.74, 6) is 0.633. The van der Waals surface area contributed by atoms with Gasteiger partial charge >= 0.3 is 0 Å². The Hall–Kier alpha value is -1.06. The largest absolute Gasteiger partial charge is 0.378 e. The Balaban J connectivity index is 1.88. The number of hydrogen-bond acceptors (Lipinski definition) is 2. The van der Waals surface area contributed by atoms with Gasteiger partial charge in [0.1, 0.15) is 0 Å². The molecule has 4 heteroatoms. The molecule has 19 heavy (non-hydrogen) atoms. The number of aryl methyl sites for hydroxylation is 1. The first-order valence-electron chi connectivity index (χ1n) is 6.67. The SMILES string of the molecule is COC1(CC(=O)Nc2ccc(CCCl)cc2)CCC1. The number of amides is 1. The highest BCUT2D eigenvalue weighted by Crippen LogP contribution is 2.38. The van der Waals surface area contributed by atoms with E-state index in [2.05, 4.69) is 5.32 Å². The number of anilines is 1. The van der Waals surface area contributed by atoms with Gasteiger partial charge in [0.2, 0.25) is 5.91 Å². The smallest absolute Gasteiger partial charge is 0.227 e. The van der Waals surface area contributed by atoms with Crippen LogP contribution in [0.25, 0.3) is 0 Å². The van der Waals surface area contributed by atoms with Crippen molar-refractivity contribution in [1.82, 2.24) is 0 Å². The Labute approximate surface area is 119 Å². The average molecular weight is 282 g/mol. The summed E-state index contributed by atoms with van der Waals surface area (Å²) in [5.41, 5.74) is 1.79. The molecule has 1 aromatic carbocycles. The predicted octanol–water partition coefficient (Wildman–Crippen LogP) is 3.37. The van der Waals surface area contributed by atoms with Gasteiger partial charge in [0, 0.05) is 18.7 Å². The van der Waals surface area contributed by atoms with Gasteiger partial charge in [0.25, 0.3) is 0 Å². The minimum Gasteiger partial charge on any atom is -0.378 e. The molecular formula is C15H20ClNO2. The molecule has 2 rings (SSSR count). The van der Waals surface area contributed by atoms with Crippen molar-refractivity contribution < 1.29 is 9.53 Å². The lowest BCUT2D eigenvalue weighted by Gasteiger charge is -2.39. The molecule has 0 aromatic heterocycles. The van der Waals surface area contributed by atoms with Gasteiger partial charge in [-0.2, -0.15) is 0 Å². The first kappa shape index (κ1) is 14.4. The summed E-state index contributed by atoms with van der Waals surface area (Å²) in [6, 6.07) is 7.82. The maximum absolute atomic E-state index is 12.0. The second-order valence-electron chi connectivity index (χ2n) is 5.10. The lowest BCUT2D eigenvalue weighted by molar-refractivity contribution is -0.129. The zero-order valence-corrected chi connectivity index (χ0v) is 12.0. The number of rotatable bonds is 6. The quantitative estimate of drug-likeness (QED) is 0.812. The highest BCUT2D eigenvalue weighted by Gasteiger charge is 2.38. The summed E-state index contributed by atoms with van der Waals surface area (Å²) in [7, 11) is 1.69. The standard InChI is InChI=1S/C15H20ClNO2/c1-19-15(8-2-9-15)11-14(18)17-13-5-3-12(4-6-13)7-10-16/h3-6H,2,7-11H2,1H3,(H,17,18). The topological polar surface area (TPSA) is 38.3 Å². The molecule has 0 saturated heterocycles. The first-order valence-corrected chi connectivity index (χ1v) is 7.21. The summed E-state index contributed by atoms with van der Waals surface area (Å²) in [6.07, 6.45) is 4.39. The Morgan fingerprint density at radius 3 is 2.53 bits per heavy atom. The van der Waals surface area contributed by atoms with Gasteiger partial charge in [-0.1, -0.05) is 12.1 Å². The summed E-state index contributed by atoms with van der Waals surface area (Å²) < 4.78 is 5.46. The summed E-state index contributed by atoms with van der Waals surface area (Å²) in [5, 5.41) is 2.92. The molecule has 0 atom stereocenters. The van der Waals surface area contributed by atoms with Crippen molar-refractivity contribution in [1.29, 1.82) is 0 Å². The minimum absolute atomic E-state index is 0.0200. The summed E-state index contributed by atoms with van der Waals surface area (Å²) in [4.78, 5) is 12.0. The van der Waals surface area contributed by atoms with E-state index in [1.54, 1.807) is 7.11 Å². The van der Waals surface area contributed by atoms with Gasteiger partial charge in [0.15, 0.2) is 0 Å². The van der Waals surface area contributed by atoms with Crippen LogP contribution in [-0.2, 0) is 16.0 Å². The molecule has 0 heterocycles. The molecule has 1 N–H and O–H groups in total. The van der Waals surface area contributed by atoms with Crippen LogP contribution in [-0.4, -0.2) is 24.5 Å². The molecule has 0 bridgehead atoms. The molecule has 1 aliphatic rings. The van der Waals surface area contributed by atoms with E-state index < -0.39 is 0 Å². The number of ether oxygens (including phenoxy) is 1. The van der Waals surface area contributed by atoms with Gasteiger partial charge in [-0.25, -0.2) is 0 Å². The fraction of sp³-hybridized carbons (Fsp3) is 0.533. The fourth-order valence-electron chi connectivity index (χ4n) is 2.39. The van der Waals surface area contributed by atoms with Crippen molar-refractivity contribution in [3.63, 3.8) is 0 Å². The van der Waals surface area contributed by atoms with Crippen molar-refractivity contribution >= 4 is 23.2 Å². The number of methoxy groups -OCH3 is 1. The van der Waals surface area contributed by atoms with E-state index in [1.807, 2.05) is 24.3 Å². The number of halogens is 1. The zero-order valence-electron chi connectivity index (χ0n) is 11.2.